The van der Waals surface area contributed by atoms with Crippen molar-refractivity contribution >= 4 is 5.97 Å². The van der Waals surface area contributed by atoms with Gasteiger partial charge in [-0.25, -0.2) is 4.68 Å². The Morgan fingerprint density at radius 3 is 2.63 bits per heavy atom. The molecule has 0 saturated carbocycles. The van der Waals surface area contributed by atoms with Gasteiger partial charge in [0, 0.05) is 18.9 Å². The number of aromatic nitrogens is 2. The first-order valence-corrected chi connectivity index (χ1v) is 6.10. The van der Waals surface area contributed by atoms with Crippen molar-refractivity contribution in [2.75, 3.05) is 7.05 Å². The Morgan fingerprint density at radius 2 is 2.11 bits per heavy atom. The zero-order valence-electron chi connectivity index (χ0n) is 11.0. The molecule has 1 unspecified atom stereocenters. The summed E-state index contributed by atoms with van der Waals surface area (Å²) < 4.78 is 1.79. The molecule has 0 radical (unpaired) electrons. The highest BCUT2D eigenvalue weighted by Gasteiger charge is 2.16. The highest BCUT2D eigenvalue weighted by Crippen LogP contribution is 2.11. The molecule has 0 bridgehead atoms. The second-order valence-electron chi connectivity index (χ2n) is 4.55. The molecule has 19 heavy (non-hydrogen) atoms. The van der Waals surface area contributed by atoms with Crippen molar-refractivity contribution in [1.29, 1.82) is 0 Å². The second kappa shape index (κ2) is 5.67. The molecule has 2 aromatic rings. The van der Waals surface area contributed by atoms with Gasteiger partial charge in [-0.3, -0.25) is 9.69 Å². The third-order valence-electron chi connectivity index (χ3n) is 3.16. The van der Waals surface area contributed by atoms with E-state index >= 15 is 0 Å². The topological polar surface area (TPSA) is 58.4 Å². The second-order valence-corrected chi connectivity index (χ2v) is 4.55. The molecule has 1 aromatic heterocycles. The molecule has 1 heterocycles. The molecule has 0 aliphatic carbocycles. The number of benzene rings is 1. The largest absolute Gasteiger partial charge is 0.480 e. The number of hydrogen-bond donors (Lipinski definition) is 1. The number of aliphatic carboxylic acids is 1. The van der Waals surface area contributed by atoms with Crippen molar-refractivity contribution in [2.45, 2.75) is 19.5 Å². The fourth-order valence-electron chi connectivity index (χ4n) is 1.79. The number of carboxylic acids is 1. The van der Waals surface area contributed by atoms with Crippen molar-refractivity contribution < 1.29 is 9.90 Å². The first-order chi connectivity index (χ1) is 9.08. The maximum absolute atomic E-state index is 10.9. The van der Waals surface area contributed by atoms with Crippen LogP contribution in [0.3, 0.4) is 0 Å². The third-order valence-corrected chi connectivity index (χ3v) is 3.16. The molecule has 0 aliphatic heterocycles. The standard InChI is InChI=1S/C14H17N3O2/c1-11(14(18)19)16(2)10-12-4-6-13(7-5-12)17-9-3-8-15-17/h3-9,11H,10H2,1-2H3,(H,18,19). The number of hydrogen-bond acceptors (Lipinski definition) is 3. The normalized spacial score (nSPS) is 12.6. The summed E-state index contributed by atoms with van der Waals surface area (Å²) in [6.45, 7) is 2.29. The molecule has 100 valence electrons. The quantitative estimate of drug-likeness (QED) is 0.889. The summed E-state index contributed by atoms with van der Waals surface area (Å²) in [4.78, 5) is 12.7. The molecule has 5 nitrogen and oxygen atoms in total. The predicted octanol–water partition coefficient (Wildman–Crippen LogP) is 1.78. The van der Waals surface area contributed by atoms with Gasteiger partial charge in [0.25, 0.3) is 0 Å². The predicted molar refractivity (Wildman–Crippen MR) is 72.1 cm³/mol. The molecule has 0 aliphatic rings. The first kappa shape index (κ1) is 13.3. The van der Waals surface area contributed by atoms with E-state index in [-0.39, 0.29) is 0 Å². The Bertz CT molecular complexity index is 534. The van der Waals surface area contributed by atoms with Gasteiger partial charge in [0.2, 0.25) is 0 Å². The molecule has 0 spiro atoms. The SMILES string of the molecule is CC(C(=O)O)N(C)Cc1ccc(-n2cccn2)cc1. The van der Waals surface area contributed by atoms with Gasteiger partial charge in [0.15, 0.2) is 0 Å². The lowest BCUT2D eigenvalue weighted by Crippen LogP contribution is -2.35. The fourth-order valence-corrected chi connectivity index (χ4v) is 1.79. The van der Waals surface area contributed by atoms with Gasteiger partial charge >= 0.3 is 5.97 Å². The van der Waals surface area contributed by atoms with Crippen LogP contribution in [0.5, 0.6) is 0 Å². The van der Waals surface area contributed by atoms with Gasteiger partial charge in [0.05, 0.1) is 5.69 Å². The van der Waals surface area contributed by atoms with Crippen LogP contribution in [-0.4, -0.2) is 38.8 Å². The Morgan fingerprint density at radius 1 is 1.42 bits per heavy atom. The zero-order valence-corrected chi connectivity index (χ0v) is 11.0. The van der Waals surface area contributed by atoms with Crippen LogP contribution >= 0.6 is 0 Å². The lowest BCUT2D eigenvalue weighted by Gasteiger charge is -2.21. The molecule has 0 fully saturated rings. The highest BCUT2D eigenvalue weighted by atomic mass is 16.4. The van der Waals surface area contributed by atoms with Crippen LogP contribution < -0.4 is 0 Å². The smallest absolute Gasteiger partial charge is 0.320 e. The van der Waals surface area contributed by atoms with Crippen LogP contribution in [0.1, 0.15) is 12.5 Å². The van der Waals surface area contributed by atoms with Crippen LogP contribution in [0.2, 0.25) is 0 Å². The van der Waals surface area contributed by atoms with Crippen molar-refractivity contribution in [3.63, 3.8) is 0 Å². The molecule has 2 rings (SSSR count). The molecule has 1 aromatic carbocycles. The van der Waals surface area contributed by atoms with Crippen LogP contribution in [-0.2, 0) is 11.3 Å². The monoisotopic (exact) mass is 259 g/mol. The average Bonchev–Trinajstić information content (AvgIpc) is 2.92. The highest BCUT2D eigenvalue weighted by molar-refractivity contribution is 5.72. The minimum atomic E-state index is -0.810. The average molecular weight is 259 g/mol. The van der Waals surface area contributed by atoms with E-state index in [9.17, 15) is 4.79 Å². The molecular weight excluding hydrogens is 242 g/mol. The van der Waals surface area contributed by atoms with Crippen molar-refractivity contribution in [3.05, 3.63) is 48.3 Å². The maximum Gasteiger partial charge on any atom is 0.320 e. The van der Waals surface area contributed by atoms with E-state index in [0.29, 0.717) is 6.54 Å². The summed E-state index contributed by atoms with van der Waals surface area (Å²) in [5, 5.41) is 13.1. The van der Waals surface area contributed by atoms with E-state index in [1.807, 2.05) is 36.5 Å². The number of carboxylic acid groups (broad SMARTS) is 1. The molecule has 5 heteroatoms. The minimum Gasteiger partial charge on any atom is -0.480 e. The Kier molecular flexibility index (Phi) is 3.97. The minimum absolute atomic E-state index is 0.495. The van der Waals surface area contributed by atoms with Crippen LogP contribution in [0.25, 0.3) is 5.69 Å². The number of likely N-dealkylation sites (N-methyl/N-ethyl adjacent to an activating group) is 1. The molecule has 0 saturated heterocycles. The van der Waals surface area contributed by atoms with E-state index < -0.39 is 12.0 Å². The van der Waals surface area contributed by atoms with Crippen molar-refractivity contribution in [2.24, 2.45) is 0 Å². The Balaban J connectivity index is 2.05. The van der Waals surface area contributed by atoms with E-state index in [1.54, 1.807) is 29.7 Å². The van der Waals surface area contributed by atoms with Crippen LogP contribution in [0.15, 0.2) is 42.7 Å². The fraction of sp³-hybridized carbons (Fsp3) is 0.286. The summed E-state index contributed by atoms with van der Waals surface area (Å²) in [7, 11) is 1.81. The van der Waals surface area contributed by atoms with Gasteiger partial charge in [-0.2, -0.15) is 5.10 Å². The van der Waals surface area contributed by atoms with Gasteiger partial charge in [-0.05, 0) is 37.7 Å². The molecule has 1 atom stereocenters. The molecular formula is C14H17N3O2. The maximum atomic E-state index is 10.9. The summed E-state index contributed by atoms with van der Waals surface area (Å²) in [5.41, 5.74) is 2.06. The number of nitrogens with zero attached hydrogens (tertiary/aromatic N) is 3. The van der Waals surface area contributed by atoms with Crippen molar-refractivity contribution in [3.8, 4) is 5.69 Å². The Labute approximate surface area is 112 Å². The van der Waals surface area contributed by atoms with E-state index in [0.717, 1.165) is 11.3 Å². The zero-order chi connectivity index (χ0) is 13.8. The molecule has 0 amide bonds. The molecule has 1 N–H and O–H groups in total. The van der Waals surface area contributed by atoms with Crippen LogP contribution in [0.4, 0.5) is 0 Å². The Hall–Kier alpha value is -2.14. The van der Waals surface area contributed by atoms with E-state index in [4.69, 9.17) is 5.11 Å². The lowest BCUT2D eigenvalue weighted by molar-refractivity contribution is -0.142. The van der Waals surface area contributed by atoms with Gasteiger partial charge < -0.3 is 5.11 Å². The van der Waals surface area contributed by atoms with E-state index in [1.165, 1.54) is 0 Å². The first-order valence-electron chi connectivity index (χ1n) is 6.10. The van der Waals surface area contributed by atoms with Gasteiger partial charge in [-0.15, -0.1) is 0 Å². The van der Waals surface area contributed by atoms with Gasteiger partial charge in [0.1, 0.15) is 6.04 Å². The van der Waals surface area contributed by atoms with Crippen LogP contribution in [0, 0.1) is 0 Å². The number of rotatable bonds is 5. The number of carbonyl (C=O) groups is 1. The summed E-state index contributed by atoms with van der Waals surface area (Å²) >= 11 is 0. The third kappa shape index (κ3) is 3.20. The summed E-state index contributed by atoms with van der Waals surface area (Å²) in [6, 6.07) is 9.30. The van der Waals surface area contributed by atoms with Crippen molar-refractivity contribution in [1.82, 2.24) is 14.7 Å². The van der Waals surface area contributed by atoms with E-state index in [2.05, 4.69) is 5.10 Å². The summed E-state index contributed by atoms with van der Waals surface area (Å²) in [6.07, 6.45) is 3.61. The van der Waals surface area contributed by atoms with Gasteiger partial charge in [-0.1, -0.05) is 12.1 Å². The lowest BCUT2D eigenvalue weighted by atomic mass is 10.2. The summed E-state index contributed by atoms with van der Waals surface area (Å²) in [5.74, 6) is -0.810.